The summed E-state index contributed by atoms with van der Waals surface area (Å²) in [6, 6.07) is 6.37. The lowest BCUT2D eigenvalue weighted by Gasteiger charge is -2.26. The van der Waals surface area contributed by atoms with Crippen LogP contribution in [0.3, 0.4) is 0 Å². The molecule has 1 fully saturated rings. The van der Waals surface area contributed by atoms with E-state index in [0.29, 0.717) is 11.6 Å². The van der Waals surface area contributed by atoms with Crippen molar-refractivity contribution in [2.75, 3.05) is 27.2 Å². The fourth-order valence-corrected chi connectivity index (χ4v) is 3.43. The second kappa shape index (κ2) is 6.71. The predicted octanol–water partition coefficient (Wildman–Crippen LogP) is 2.82. The second-order valence-corrected chi connectivity index (χ2v) is 6.70. The highest BCUT2D eigenvalue weighted by Gasteiger charge is 2.20. The van der Waals surface area contributed by atoms with Crippen molar-refractivity contribution in [1.82, 2.24) is 19.8 Å². The van der Waals surface area contributed by atoms with E-state index in [2.05, 4.69) is 21.9 Å². The number of fused-ring (bicyclic) bond motifs is 1. The molecule has 5 heteroatoms. The first kappa shape index (κ1) is 16.0. The molecule has 1 amide bonds. The average Bonchev–Trinajstić information content (AvgIpc) is 3.18. The minimum Gasteiger partial charge on any atom is -0.342 e. The van der Waals surface area contributed by atoms with Gasteiger partial charge in [0.2, 0.25) is 0 Å². The maximum Gasteiger partial charge on any atom is 0.253 e. The lowest BCUT2D eigenvalue weighted by Crippen LogP contribution is -2.38. The Hall–Kier alpha value is -1.88. The van der Waals surface area contributed by atoms with E-state index >= 15 is 0 Å². The molecule has 1 aromatic carbocycles. The van der Waals surface area contributed by atoms with Crippen LogP contribution in [-0.4, -0.2) is 58.9 Å². The van der Waals surface area contributed by atoms with Crippen LogP contribution in [-0.2, 0) is 0 Å². The fraction of sp³-hybridized carbons (Fsp3) is 0.556. The topological polar surface area (TPSA) is 52.2 Å². The van der Waals surface area contributed by atoms with Crippen LogP contribution in [0, 0.1) is 6.92 Å². The monoisotopic (exact) mass is 314 g/mol. The Bertz CT molecular complexity index is 687. The average molecular weight is 314 g/mol. The summed E-state index contributed by atoms with van der Waals surface area (Å²) in [7, 11) is 4.06. The number of amides is 1. The van der Waals surface area contributed by atoms with Crippen molar-refractivity contribution in [2.24, 2.45) is 0 Å². The summed E-state index contributed by atoms with van der Waals surface area (Å²) in [4.78, 5) is 24.4. The second-order valence-electron chi connectivity index (χ2n) is 6.70. The van der Waals surface area contributed by atoms with Crippen molar-refractivity contribution in [3.05, 3.63) is 29.6 Å². The molecule has 0 radical (unpaired) electrons. The molecule has 23 heavy (non-hydrogen) atoms. The fourth-order valence-electron chi connectivity index (χ4n) is 3.43. The van der Waals surface area contributed by atoms with Crippen molar-refractivity contribution in [1.29, 1.82) is 0 Å². The van der Waals surface area contributed by atoms with Crippen LogP contribution in [0.4, 0.5) is 0 Å². The van der Waals surface area contributed by atoms with Gasteiger partial charge in [-0.2, -0.15) is 0 Å². The first-order valence-corrected chi connectivity index (χ1v) is 8.46. The third-order valence-corrected chi connectivity index (χ3v) is 4.93. The maximum absolute atomic E-state index is 12.6. The Morgan fingerprint density at radius 2 is 2.00 bits per heavy atom. The van der Waals surface area contributed by atoms with Gasteiger partial charge in [-0.1, -0.05) is 12.8 Å². The number of aryl methyl sites for hydroxylation is 1. The number of likely N-dealkylation sites (N-methyl/N-ethyl adjacent to an activating group) is 2. The summed E-state index contributed by atoms with van der Waals surface area (Å²) in [5, 5.41) is 0. The Balaban J connectivity index is 1.61. The molecule has 0 aliphatic heterocycles. The molecular weight excluding hydrogens is 288 g/mol. The number of imidazole rings is 1. The van der Waals surface area contributed by atoms with Crippen molar-refractivity contribution in [3.63, 3.8) is 0 Å². The van der Waals surface area contributed by atoms with Crippen LogP contribution in [0.5, 0.6) is 0 Å². The van der Waals surface area contributed by atoms with Crippen molar-refractivity contribution in [3.8, 4) is 0 Å². The Morgan fingerprint density at radius 1 is 1.26 bits per heavy atom. The van der Waals surface area contributed by atoms with Gasteiger partial charge >= 0.3 is 0 Å². The number of carbonyl (C=O) groups excluding carboxylic acids is 1. The van der Waals surface area contributed by atoms with Gasteiger partial charge in [-0.25, -0.2) is 4.98 Å². The summed E-state index contributed by atoms with van der Waals surface area (Å²) >= 11 is 0. The van der Waals surface area contributed by atoms with Crippen LogP contribution in [0.1, 0.15) is 41.9 Å². The SMILES string of the molecule is Cc1nc2ccc(C(=O)N(C)CCN(C)C3CCCC3)cc2[nH]1. The summed E-state index contributed by atoms with van der Waals surface area (Å²) in [5.41, 5.74) is 2.54. The molecule has 2 aromatic rings. The van der Waals surface area contributed by atoms with Gasteiger partial charge in [-0.15, -0.1) is 0 Å². The van der Waals surface area contributed by atoms with Gasteiger partial charge in [-0.05, 0) is 45.0 Å². The van der Waals surface area contributed by atoms with Gasteiger partial charge in [0.15, 0.2) is 0 Å². The van der Waals surface area contributed by atoms with Crippen molar-refractivity contribution in [2.45, 2.75) is 38.6 Å². The maximum atomic E-state index is 12.6. The third kappa shape index (κ3) is 3.55. The molecule has 1 aromatic heterocycles. The highest BCUT2D eigenvalue weighted by molar-refractivity contribution is 5.97. The van der Waals surface area contributed by atoms with Gasteiger partial charge in [-0.3, -0.25) is 4.79 Å². The zero-order valence-corrected chi connectivity index (χ0v) is 14.3. The van der Waals surface area contributed by atoms with E-state index in [9.17, 15) is 4.79 Å². The van der Waals surface area contributed by atoms with Gasteiger partial charge in [0.1, 0.15) is 5.82 Å². The van der Waals surface area contributed by atoms with Crippen molar-refractivity contribution >= 4 is 16.9 Å². The number of benzene rings is 1. The number of hydrogen-bond donors (Lipinski definition) is 1. The molecule has 3 rings (SSSR count). The minimum atomic E-state index is 0.0685. The molecule has 5 nitrogen and oxygen atoms in total. The van der Waals surface area contributed by atoms with E-state index in [1.165, 1.54) is 25.7 Å². The van der Waals surface area contributed by atoms with Crippen LogP contribution in [0.2, 0.25) is 0 Å². The number of H-pyrrole nitrogens is 1. The molecule has 1 aliphatic rings. The Labute approximate surface area is 137 Å². The summed E-state index contributed by atoms with van der Waals surface area (Å²) < 4.78 is 0. The molecule has 1 heterocycles. The van der Waals surface area contributed by atoms with E-state index in [1.807, 2.05) is 37.1 Å². The number of rotatable bonds is 5. The minimum absolute atomic E-state index is 0.0685. The van der Waals surface area contributed by atoms with E-state index in [1.54, 1.807) is 0 Å². The van der Waals surface area contributed by atoms with Gasteiger partial charge < -0.3 is 14.8 Å². The standard InChI is InChI=1S/C18H26N4O/c1-13-19-16-9-8-14(12-17(16)20-13)18(23)22(3)11-10-21(2)15-6-4-5-7-15/h8-9,12,15H,4-7,10-11H2,1-3H3,(H,19,20). The summed E-state index contributed by atoms with van der Waals surface area (Å²) in [6.07, 6.45) is 5.27. The van der Waals surface area contributed by atoms with Crippen LogP contribution in [0.15, 0.2) is 18.2 Å². The Morgan fingerprint density at radius 3 is 2.74 bits per heavy atom. The van der Waals surface area contributed by atoms with Crippen molar-refractivity contribution < 1.29 is 4.79 Å². The predicted molar refractivity (Wildman–Crippen MR) is 92.7 cm³/mol. The quantitative estimate of drug-likeness (QED) is 0.923. The molecule has 0 bridgehead atoms. The van der Waals surface area contributed by atoms with E-state index in [0.717, 1.165) is 29.9 Å². The molecule has 1 aliphatic carbocycles. The van der Waals surface area contributed by atoms with E-state index in [-0.39, 0.29) is 5.91 Å². The number of aromatic amines is 1. The molecular formula is C18H26N4O. The largest absolute Gasteiger partial charge is 0.342 e. The number of nitrogens with zero attached hydrogens (tertiary/aromatic N) is 3. The summed E-state index contributed by atoms with van der Waals surface area (Å²) in [5.74, 6) is 0.940. The van der Waals surface area contributed by atoms with Crippen LogP contribution >= 0.6 is 0 Å². The molecule has 0 unspecified atom stereocenters. The molecule has 0 saturated heterocycles. The normalized spacial score (nSPS) is 15.7. The van der Waals surface area contributed by atoms with Gasteiger partial charge in [0.25, 0.3) is 5.91 Å². The molecule has 0 atom stereocenters. The van der Waals surface area contributed by atoms with Crippen LogP contribution in [0.25, 0.3) is 11.0 Å². The number of aromatic nitrogens is 2. The van der Waals surface area contributed by atoms with Crippen LogP contribution < -0.4 is 0 Å². The first-order chi connectivity index (χ1) is 11.0. The number of carbonyl (C=O) groups is 1. The highest BCUT2D eigenvalue weighted by Crippen LogP contribution is 2.22. The Kier molecular flexibility index (Phi) is 4.66. The summed E-state index contributed by atoms with van der Waals surface area (Å²) in [6.45, 7) is 3.61. The van der Waals surface area contributed by atoms with Gasteiger partial charge in [0.05, 0.1) is 11.0 Å². The first-order valence-electron chi connectivity index (χ1n) is 8.46. The van der Waals surface area contributed by atoms with E-state index in [4.69, 9.17) is 0 Å². The third-order valence-electron chi connectivity index (χ3n) is 4.93. The van der Waals surface area contributed by atoms with Gasteiger partial charge in [0, 0.05) is 31.7 Å². The zero-order valence-electron chi connectivity index (χ0n) is 14.3. The lowest BCUT2D eigenvalue weighted by molar-refractivity contribution is 0.0774. The number of nitrogens with one attached hydrogen (secondary N) is 1. The number of hydrogen-bond acceptors (Lipinski definition) is 3. The molecule has 0 spiro atoms. The molecule has 124 valence electrons. The highest BCUT2D eigenvalue weighted by atomic mass is 16.2. The van der Waals surface area contributed by atoms with E-state index < -0.39 is 0 Å². The smallest absolute Gasteiger partial charge is 0.253 e. The molecule has 1 N–H and O–H groups in total. The zero-order chi connectivity index (χ0) is 16.4. The lowest BCUT2D eigenvalue weighted by atomic mass is 10.1. The molecule has 1 saturated carbocycles.